The average Bonchev–Trinajstić information content (AvgIpc) is 3.09. The van der Waals surface area contributed by atoms with Crippen molar-refractivity contribution >= 4 is 34.9 Å². The van der Waals surface area contributed by atoms with Crippen LogP contribution in [0.2, 0.25) is 10.0 Å². The van der Waals surface area contributed by atoms with E-state index in [1.807, 2.05) is 0 Å². The molecule has 3 rings (SSSR count). The van der Waals surface area contributed by atoms with Gasteiger partial charge in [0.05, 0.1) is 10.0 Å². The molecule has 0 aliphatic heterocycles. The van der Waals surface area contributed by atoms with Crippen LogP contribution in [0.15, 0.2) is 18.2 Å². The van der Waals surface area contributed by atoms with Crippen molar-refractivity contribution in [2.24, 2.45) is 0 Å². The molecule has 0 aliphatic carbocycles. The third kappa shape index (κ3) is 4.52. The van der Waals surface area contributed by atoms with Crippen molar-refractivity contribution in [2.75, 3.05) is 7.05 Å². The first kappa shape index (κ1) is 22.3. The molecule has 1 amide bonds. The van der Waals surface area contributed by atoms with Gasteiger partial charge in [-0.3, -0.25) is 4.79 Å². The first-order chi connectivity index (χ1) is 14.0. The molecular formula is C19H18Cl2F3N5O. The molecule has 0 N–H and O–H groups in total. The number of nitrogens with zero attached hydrogens (tertiary/aromatic N) is 5. The van der Waals surface area contributed by atoms with Gasteiger partial charge in [-0.2, -0.15) is 18.2 Å². The van der Waals surface area contributed by atoms with E-state index in [0.717, 1.165) is 10.1 Å². The van der Waals surface area contributed by atoms with Crippen molar-refractivity contribution in [1.29, 1.82) is 0 Å². The zero-order valence-electron chi connectivity index (χ0n) is 16.4. The smallest absolute Gasteiger partial charge is 0.341 e. The number of aryl methyl sites for hydroxylation is 2. The van der Waals surface area contributed by atoms with Crippen molar-refractivity contribution in [2.45, 2.75) is 39.4 Å². The maximum Gasteiger partial charge on any atom is 0.453 e. The standard InChI is InChI=1S/C19H18Cl2F3N5O/c1-10-13(11(2)29-18(25-10)26-17(27-29)19(22,23)24)7-8-15(30)28(3)9-12-5-4-6-14(20)16(12)21/h4-6H,7-9H2,1-3H3. The fourth-order valence-corrected chi connectivity index (χ4v) is 3.51. The van der Waals surface area contributed by atoms with Crippen molar-refractivity contribution in [3.63, 3.8) is 0 Å². The van der Waals surface area contributed by atoms with Gasteiger partial charge >= 0.3 is 6.18 Å². The number of hydrogen-bond acceptors (Lipinski definition) is 4. The van der Waals surface area contributed by atoms with Gasteiger partial charge in [-0.05, 0) is 37.5 Å². The molecule has 0 atom stereocenters. The summed E-state index contributed by atoms with van der Waals surface area (Å²) >= 11 is 12.2. The molecule has 0 aliphatic rings. The van der Waals surface area contributed by atoms with Gasteiger partial charge in [-0.15, -0.1) is 5.10 Å². The Balaban J connectivity index is 1.76. The van der Waals surface area contributed by atoms with Crippen LogP contribution in [0.25, 0.3) is 5.78 Å². The number of halogens is 5. The van der Waals surface area contributed by atoms with Crippen molar-refractivity contribution in [3.05, 3.63) is 56.6 Å². The minimum atomic E-state index is -4.66. The highest BCUT2D eigenvalue weighted by Gasteiger charge is 2.37. The van der Waals surface area contributed by atoms with Crippen LogP contribution >= 0.6 is 23.2 Å². The van der Waals surface area contributed by atoms with Gasteiger partial charge in [0.15, 0.2) is 0 Å². The van der Waals surface area contributed by atoms with Gasteiger partial charge in [0.2, 0.25) is 5.91 Å². The normalized spacial score (nSPS) is 11.9. The Hall–Kier alpha value is -2.39. The van der Waals surface area contributed by atoms with Crippen molar-refractivity contribution in [1.82, 2.24) is 24.5 Å². The molecule has 160 valence electrons. The molecule has 3 aromatic rings. The van der Waals surface area contributed by atoms with Crippen LogP contribution in [-0.4, -0.2) is 37.4 Å². The molecule has 2 aromatic heterocycles. The maximum atomic E-state index is 12.9. The number of amides is 1. The molecule has 30 heavy (non-hydrogen) atoms. The monoisotopic (exact) mass is 459 g/mol. The Morgan fingerprint density at radius 2 is 1.90 bits per heavy atom. The van der Waals surface area contributed by atoms with E-state index in [1.54, 1.807) is 39.1 Å². The van der Waals surface area contributed by atoms with E-state index in [9.17, 15) is 18.0 Å². The lowest BCUT2D eigenvalue weighted by atomic mass is 10.1. The molecule has 0 saturated heterocycles. The second kappa shape index (κ2) is 8.39. The highest BCUT2D eigenvalue weighted by molar-refractivity contribution is 6.42. The summed E-state index contributed by atoms with van der Waals surface area (Å²) in [5.74, 6) is -1.52. The Morgan fingerprint density at radius 3 is 2.57 bits per heavy atom. The van der Waals surface area contributed by atoms with E-state index < -0.39 is 12.0 Å². The maximum absolute atomic E-state index is 12.9. The van der Waals surface area contributed by atoms with Crippen LogP contribution in [0, 0.1) is 13.8 Å². The summed E-state index contributed by atoms with van der Waals surface area (Å²) in [5.41, 5.74) is 2.35. The number of fused-ring (bicyclic) bond motifs is 1. The first-order valence-corrected chi connectivity index (χ1v) is 9.71. The van der Waals surface area contributed by atoms with E-state index >= 15 is 0 Å². The lowest BCUT2D eigenvalue weighted by molar-refractivity contribution is -0.144. The molecule has 0 fully saturated rings. The lowest BCUT2D eigenvalue weighted by Crippen LogP contribution is -2.26. The first-order valence-electron chi connectivity index (χ1n) is 8.96. The minimum absolute atomic E-state index is 0.125. The summed E-state index contributed by atoms with van der Waals surface area (Å²) in [6.45, 7) is 3.58. The minimum Gasteiger partial charge on any atom is -0.341 e. The highest BCUT2D eigenvalue weighted by Crippen LogP contribution is 2.28. The largest absolute Gasteiger partial charge is 0.453 e. The van der Waals surface area contributed by atoms with Crippen molar-refractivity contribution in [3.8, 4) is 0 Å². The number of benzene rings is 1. The third-order valence-electron chi connectivity index (χ3n) is 4.76. The SMILES string of the molecule is Cc1nc2nc(C(F)(F)F)nn2c(C)c1CCC(=O)N(C)Cc1cccc(Cl)c1Cl. The average molecular weight is 460 g/mol. The summed E-state index contributed by atoms with van der Waals surface area (Å²) < 4.78 is 39.8. The summed E-state index contributed by atoms with van der Waals surface area (Å²) in [6.07, 6.45) is -4.22. The topological polar surface area (TPSA) is 63.4 Å². The molecule has 0 saturated carbocycles. The van der Waals surface area contributed by atoms with E-state index in [1.165, 1.54) is 4.90 Å². The molecule has 0 radical (unpaired) electrons. The van der Waals surface area contributed by atoms with Gasteiger partial charge in [-0.25, -0.2) is 9.50 Å². The molecule has 0 spiro atoms. The van der Waals surface area contributed by atoms with Crippen LogP contribution < -0.4 is 0 Å². The van der Waals surface area contributed by atoms with Gasteiger partial charge in [-0.1, -0.05) is 35.3 Å². The summed E-state index contributed by atoms with van der Waals surface area (Å²) in [7, 11) is 1.65. The van der Waals surface area contributed by atoms with Crippen LogP contribution in [0.1, 0.15) is 34.8 Å². The van der Waals surface area contributed by atoms with Crippen LogP contribution in [-0.2, 0) is 23.9 Å². The molecule has 11 heteroatoms. The molecule has 2 heterocycles. The molecule has 0 bridgehead atoms. The van der Waals surface area contributed by atoms with Crippen molar-refractivity contribution < 1.29 is 18.0 Å². The Kier molecular flexibility index (Phi) is 6.24. The molecule has 6 nitrogen and oxygen atoms in total. The molecule has 0 unspecified atom stereocenters. The summed E-state index contributed by atoms with van der Waals surface area (Å²) in [4.78, 5) is 21.7. The van der Waals surface area contributed by atoms with E-state index in [2.05, 4.69) is 15.1 Å². The predicted octanol–water partition coefficient (Wildman–Crippen LogP) is 4.66. The van der Waals surface area contributed by atoms with E-state index in [4.69, 9.17) is 23.2 Å². The number of hydrogen-bond donors (Lipinski definition) is 0. The Morgan fingerprint density at radius 1 is 1.20 bits per heavy atom. The second-order valence-electron chi connectivity index (χ2n) is 6.87. The van der Waals surface area contributed by atoms with E-state index in [0.29, 0.717) is 33.4 Å². The number of rotatable bonds is 5. The highest BCUT2D eigenvalue weighted by atomic mass is 35.5. The number of carbonyl (C=O) groups is 1. The van der Waals surface area contributed by atoms with Crippen LogP contribution in [0.5, 0.6) is 0 Å². The second-order valence-corrected chi connectivity index (χ2v) is 7.65. The predicted molar refractivity (Wildman–Crippen MR) is 107 cm³/mol. The zero-order valence-corrected chi connectivity index (χ0v) is 17.9. The quantitative estimate of drug-likeness (QED) is 0.556. The number of aromatic nitrogens is 4. The number of alkyl halides is 3. The van der Waals surface area contributed by atoms with Gasteiger partial charge in [0.1, 0.15) is 0 Å². The summed E-state index contributed by atoms with van der Waals surface area (Å²) in [6, 6.07) is 5.20. The number of carbonyl (C=O) groups excluding carboxylic acids is 1. The van der Waals surface area contributed by atoms with Gasteiger partial charge in [0, 0.05) is 31.4 Å². The van der Waals surface area contributed by atoms with Crippen LogP contribution in [0.3, 0.4) is 0 Å². The summed E-state index contributed by atoms with van der Waals surface area (Å²) in [5, 5.41) is 4.32. The lowest BCUT2D eigenvalue weighted by Gasteiger charge is -2.19. The molecule has 1 aromatic carbocycles. The zero-order chi connectivity index (χ0) is 22.2. The van der Waals surface area contributed by atoms with Crippen LogP contribution in [0.4, 0.5) is 13.2 Å². The Labute approximate surface area is 180 Å². The Bertz CT molecular complexity index is 1110. The third-order valence-corrected chi connectivity index (χ3v) is 5.61. The van der Waals surface area contributed by atoms with Gasteiger partial charge in [0.25, 0.3) is 11.6 Å². The fourth-order valence-electron chi connectivity index (χ4n) is 3.13. The fraction of sp³-hybridized carbons (Fsp3) is 0.368. The van der Waals surface area contributed by atoms with E-state index in [-0.39, 0.29) is 24.7 Å². The molecular weight excluding hydrogens is 442 g/mol. The van der Waals surface area contributed by atoms with Gasteiger partial charge < -0.3 is 4.90 Å².